The summed E-state index contributed by atoms with van der Waals surface area (Å²) in [5.74, 6) is 5.69. The van der Waals surface area contributed by atoms with E-state index in [1.54, 1.807) is 7.11 Å². The Morgan fingerprint density at radius 1 is 1.37 bits per heavy atom. The van der Waals surface area contributed by atoms with E-state index in [0.29, 0.717) is 11.3 Å². The Bertz CT molecular complexity index is 464. The van der Waals surface area contributed by atoms with Gasteiger partial charge in [-0.15, -0.1) is 0 Å². The highest BCUT2D eigenvalue weighted by atomic mass is 16.5. The van der Waals surface area contributed by atoms with Gasteiger partial charge in [0.15, 0.2) is 0 Å². The van der Waals surface area contributed by atoms with Crippen LogP contribution in [0, 0.1) is 0 Å². The molecule has 0 spiro atoms. The molecular formula is C14H23N3O2. The number of nitrogens with zero attached hydrogens (tertiary/aromatic N) is 1. The molecular weight excluding hydrogens is 242 g/mol. The molecule has 0 saturated heterocycles. The summed E-state index contributed by atoms with van der Waals surface area (Å²) in [6, 6.07) is 4.89. The number of amides is 1. The molecule has 19 heavy (non-hydrogen) atoms. The fourth-order valence-electron chi connectivity index (χ4n) is 1.80. The van der Waals surface area contributed by atoms with E-state index in [1.807, 2.05) is 18.2 Å². The van der Waals surface area contributed by atoms with Gasteiger partial charge in [-0.25, -0.2) is 5.84 Å². The van der Waals surface area contributed by atoms with Gasteiger partial charge >= 0.3 is 0 Å². The van der Waals surface area contributed by atoms with Crippen molar-refractivity contribution in [1.29, 1.82) is 0 Å². The smallest absolute Gasteiger partial charge is 0.257 e. The molecule has 1 amide bonds. The molecule has 0 aliphatic heterocycles. The summed E-state index contributed by atoms with van der Waals surface area (Å²) < 4.78 is 5.27. The highest BCUT2D eigenvalue weighted by molar-refractivity contribution is 5.83. The van der Waals surface area contributed by atoms with E-state index < -0.39 is 6.04 Å². The number of benzene rings is 1. The fraction of sp³-hybridized carbons (Fsp3) is 0.500. The molecule has 4 N–H and O–H groups in total. The van der Waals surface area contributed by atoms with Crippen molar-refractivity contribution in [3.63, 3.8) is 0 Å². The van der Waals surface area contributed by atoms with Crippen molar-refractivity contribution in [3.8, 4) is 5.75 Å². The minimum Gasteiger partial charge on any atom is -0.496 e. The summed E-state index contributed by atoms with van der Waals surface area (Å²) in [4.78, 5) is 11.9. The third-order valence-corrected chi connectivity index (χ3v) is 3.04. The second-order valence-electron chi connectivity index (χ2n) is 5.63. The van der Waals surface area contributed by atoms with Crippen molar-refractivity contribution in [2.75, 3.05) is 14.2 Å². The van der Waals surface area contributed by atoms with Gasteiger partial charge in [0.2, 0.25) is 0 Å². The topological polar surface area (TPSA) is 81.6 Å². The Morgan fingerprint density at radius 2 is 1.95 bits per heavy atom. The standard InChI is InChI=1S/C14H23N3O2/c1-14(2,3)9-6-7-11(19-5)10(8-9)12(15)13(18)17(4)16/h6-8,12H,15-16H2,1-5H3. The van der Waals surface area contributed by atoms with Crippen LogP contribution in [0.15, 0.2) is 18.2 Å². The van der Waals surface area contributed by atoms with Crippen molar-refractivity contribution >= 4 is 5.91 Å². The zero-order chi connectivity index (χ0) is 14.8. The molecule has 5 nitrogen and oxygen atoms in total. The Kier molecular flexibility index (Phi) is 4.55. The van der Waals surface area contributed by atoms with Crippen LogP contribution in [0.1, 0.15) is 37.9 Å². The summed E-state index contributed by atoms with van der Waals surface area (Å²) in [6.45, 7) is 6.29. The van der Waals surface area contributed by atoms with Crippen LogP contribution >= 0.6 is 0 Å². The molecule has 1 unspecified atom stereocenters. The van der Waals surface area contributed by atoms with Gasteiger partial charge in [-0.3, -0.25) is 9.80 Å². The zero-order valence-corrected chi connectivity index (χ0v) is 12.2. The van der Waals surface area contributed by atoms with Gasteiger partial charge in [0.25, 0.3) is 5.91 Å². The van der Waals surface area contributed by atoms with E-state index in [-0.39, 0.29) is 11.3 Å². The van der Waals surface area contributed by atoms with E-state index in [0.717, 1.165) is 10.6 Å². The molecule has 106 valence electrons. The van der Waals surface area contributed by atoms with Gasteiger partial charge in [0.1, 0.15) is 11.8 Å². The molecule has 1 rings (SSSR count). The molecule has 1 aromatic carbocycles. The van der Waals surface area contributed by atoms with E-state index in [4.69, 9.17) is 16.3 Å². The minimum absolute atomic E-state index is 0.0294. The molecule has 0 fully saturated rings. The van der Waals surface area contributed by atoms with Crippen LogP contribution in [0.5, 0.6) is 5.75 Å². The second kappa shape index (κ2) is 5.59. The van der Waals surface area contributed by atoms with Crippen LogP contribution in [-0.4, -0.2) is 25.1 Å². The van der Waals surface area contributed by atoms with Gasteiger partial charge in [0, 0.05) is 12.6 Å². The first kappa shape index (κ1) is 15.5. The maximum Gasteiger partial charge on any atom is 0.257 e. The number of hydrogen-bond donors (Lipinski definition) is 2. The Labute approximate surface area is 114 Å². The minimum atomic E-state index is -0.827. The molecule has 0 aliphatic carbocycles. The lowest BCUT2D eigenvalue weighted by atomic mass is 9.85. The van der Waals surface area contributed by atoms with E-state index >= 15 is 0 Å². The number of likely N-dealkylation sites (N-methyl/N-ethyl adjacent to an activating group) is 1. The maximum atomic E-state index is 11.9. The number of carbonyl (C=O) groups is 1. The van der Waals surface area contributed by atoms with Gasteiger partial charge < -0.3 is 10.5 Å². The average molecular weight is 265 g/mol. The predicted octanol–water partition coefficient (Wildman–Crippen LogP) is 1.32. The summed E-state index contributed by atoms with van der Waals surface area (Å²) in [7, 11) is 3.03. The third-order valence-electron chi connectivity index (χ3n) is 3.04. The van der Waals surface area contributed by atoms with Crippen molar-refractivity contribution in [2.24, 2.45) is 11.6 Å². The van der Waals surface area contributed by atoms with Crippen molar-refractivity contribution in [2.45, 2.75) is 32.2 Å². The van der Waals surface area contributed by atoms with Crippen LogP contribution < -0.4 is 16.3 Å². The number of rotatable bonds is 3. The molecule has 1 atom stereocenters. The van der Waals surface area contributed by atoms with Gasteiger partial charge in [-0.1, -0.05) is 26.8 Å². The molecule has 5 heteroatoms. The Balaban J connectivity index is 3.27. The van der Waals surface area contributed by atoms with Crippen molar-refractivity contribution < 1.29 is 9.53 Å². The number of hydrogen-bond acceptors (Lipinski definition) is 4. The second-order valence-corrected chi connectivity index (χ2v) is 5.63. The quantitative estimate of drug-likeness (QED) is 0.490. The van der Waals surface area contributed by atoms with Crippen LogP contribution in [0.3, 0.4) is 0 Å². The van der Waals surface area contributed by atoms with Crippen molar-refractivity contribution in [1.82, 2.24) is 5.01 Å². The normalized spacial score (nSPS) is 13.0. The number of ether oxygens (including phenoxy) is 1. The van der Waals surface area contributed by atoms with Crippen LogP contribution in [0.2, 0.25) is 0 Å². The third kappa shape index (κ3) is 3.45. The lowest BCUT2D eigenvalue weighted by Gasteiger charge is -2.23. The summed E-state index contributed by atoms with van der Waals surface area (Å²) in [5.41, 5.74) is 7.69. The van der Waals surface area contributed by atoms with Crippen LogP contribution in [-0.2, 0) is 10.2 Å². The zero-order valence-electron chi connectivity index (χ0n) is 12.2. The molecule has 0 aliphatic rings. The summed E-state index contributed by atoms with van der Waals surface area (Å²) in [5, 5.41) is 0.994. The number of hydrazine groups is 1. The summed E-state index contributed by atoms with van der Waals surface area (Å²) in [6.07, 6.45) is 0. The monoisotopic (exact) mass is 265 g/mol. The molecule has 0 radical (unpaired) electrons. The number of nitrogens with two attached hydrogens (primary N) is 2. The van der Waals surface area contributed by atoms with E-state index in [9.17, 15) is 4.79 Å². The SMILES string of the molecule is COc1ccc(C(C)(C)C)cc1C(N)C(=O)N(C)N. The average Bonchev–Trinajstić information content (AvgIpc) is 2.34. The highest BCUT2D eigenvalue weighted by Gasteiger charge is 2.24. The number of carbonyl (C=O) groups excluding carboxylic acids is 1. The van der Waals surface area contributed by atoms with Crippen LogP contribution in [0.4, 0.5) is 0 Å². The molecule has 0 bridgehead atoms. The summed E-state index contributed by atoms with van der Waals surface area (Å²) >= 11 is 0. The highest BCUT2D eigenvalue weighted by Crippen LogP contribution is 2.31. The molecule has 0 aromatic heterocycles. The Morgan fingerprint density at radius 3 is 2.37 bits per heavy atom. The first-order chi connectivity index (χ1) is 8.68. The van der Waals surface area contributed by atoms with Gasteiger partial charge in [0.05, 0.1) is 7.11 Å². The first-order valence-electron chi connectivity index (χ1n) is 6.14. The Hall–Kier alpha value is -1.59. The molecule has 0 heterocycles. The van der Waals surface area contributed by atoms with E-state index in [2.05, 4.69) is 20.8 Å². The van der Waals surface area contributed by atoms with Crippen LogP contribution in [0.25, 0.3) is 0 Å². The first-order valence-corrected chi connectivity index (χ1v) is 6.14. The largest absolute Gasteiger partial charge is 0.496 e. The maximum absolute atomic E-state index is 11.9. The van der Waals surface area contributed by atoms with Gasteiger partial charge in [-0.2, -0.15) is 0 Å². The lowest BCUT2D eigenvalue weighted by Crippen LogP contribution is -2.40. The van der Waals surface area contributed by atoms with E-state index in [1.165, 1.54) is 7.05 Å². The van der Waals surface area contributed by atoms with Crippen molar-refractivity contribution in [3.05, 3.63) is 29.3 Å². The van der Waals surface area contributed by atoms with Gasteiger partial charge in [-0.05, 0) is 23.1 Å². The number of methoxy groups -OCH3 is 1. The molecule has 1 aromatic rings. The molecule has 0 saturated carbocycles. The predicted molar refractivity (Wildman–Crippen MR) is 75.6 cm³/mol. The fourth-order valence-corrected chi connectivity index (χ4v) is 1.80. The lowest BCUT2D eigenvalue weighted by molar-refractivity contribution is -0.131.